The van der Waals surface area contributed by atoms with E-state index in [0.29, 0.717) is 6.54 Å². The first-order chi connectivity index (χ1) is 8.74. The van der Waals surface area contributed by atoms with Crippen LogP contribution in [0.5, 0.6) is 0 Å². The molecule has 0 amide bonds. The van der Waals surface area contributed by atoms with Gasteiger partial charge in [-0.3, -0.25) is 4.79 Å². The predicted molar refractivity (Wildman–Crippen MR) is 70.2 cm³/mol. The van der Waals surface area contributed by atoms with Gasteiger partial charge in [0.05, 0.1) is 17.9 Å². The van der Waals surface area contributed by atoms with Crippen molar-refractivity contribution in [1.82, 2.24) is 14.5 Å². The van der Waals surface area contributed by atoms with Crippen molar-refractivity contribution in [2.75, 3.05) is 5.73 Å². The number of anilines is 1. The zero-order chi connectivity index (χ0) is 12.5. The standard InChI is InChI=1S/C13H14N4O/c14-9-4-3-7-17(13(9)18)8-12-15-10-5-1-2-6-11(10)16-12/h1,3-5,7H,2,6,8,14H2,(H,15,16). The Kier molecular flexibility index (Phi) is 2.51. The van der Waals surface area contributed by atoms with E-state index < -0.39 is 0 Å². The molecule has 2 aromatic heterocycles. The lowest BCUT2D eigenvalue weighted by molar-refractivity contribution is 0.724. The topological polar surface area (TPSA) is 76.7 Å². The third kappa shape index (κ3) is 1.84. The summed E-state index contributed by atoms with van der Waals surface area (Å²) >= 11 is 0. The molecule has 0 bridgehead atoms. The van der Waals surface area contributed by atoms with Gasteiger partial charge >= 0.3 is 0 Å². The van der Waals surface area contributed by atoms with Crippen LogP contribution in [0.1, 0.15) is 23.6 Å². The molecule has 5 heteroatoms. The van der Waals surface area contributed by atoms with Crippen molar-refractivity contribution in [2.24, 2.45) is 0 Å². The van der Waals surface area contributed by atoms with Gasteiger partial charge in [-0.25, -0.2) is 4.98 Å². The summed E-state index contributed by atoms with van der Waals surface area (Å²) < 4.78 is 1.56. The average molecular weight is 242 g/mol. The first-order valence-electron chi connectivity index (χ1n) is 5.93. The number of aromatic nitrogens is 3. The van der Waals surface area contributed by atoms with Crippen LogP contribution in [-0.4, -0.2) is 14.5 Å². The zero-order valence-electron chi connectivity index (χ0n) is 9.89. The highest BCUT2D eigenvalue weighted by atomic mass is 16.1. The number of H-pyrrole nitrogens is 1. The monoisotopic (exact) mass is 242 g/mol. The van der Waals surface area contributed by atoms with Crippen LogP contribution in [-0.2, 0) is 13.0 Å². The lowest BCUT2D eigenvalue weighted by Gasteiger charge is -2.03. The number of nitrogens with zero attached hydrogens (tertiary/aromatic N) is 2. The molecule has 0 radical (unpaired) electrons. The van der Waals surface area contributed by atoms with Gasteiger partial charge in [-0.15, -0.1) is 0 Å². The molecule has 2 aromatic rings. The fourth-order valence-electron chi connectivity index (χ4n) is 2.15. The van der Waals surface area contributed by atoms with E-state index in [1.807, 2.05) is 6.08 Å². The first-order valence-corrected chi connectivity index (χ1v) is 5.93. The number of fused-ring (bicyclic) bond motifs is 1. The average Bonchev–Trinajstić information content (AvgIpc) is 2.77. The third-order valence-corrected chi connectivity index (χ3v) is 3.07. The van der Waals surface area contributed by atoms with Crippen molar-refractivity contribution in [1.29, 1.82) is 0 Å². The summed E-state index contributed by atoms with van der Waals surface area (Å²) in [5, 5.41) is 0. The number of allylic oxidation sites excluding steroid dienone is 1. The third-order valence-electron chi connectivity index (χ3n) is 3.07. The number of hydrogen-bond donors (Lipinski definition) is 2. The summed E-state index contributed by atoms with van der Waals surface area (Å²) in [5.41, 5.74) is 7.80. The number of imidazole rings is 1. The van der Waals surface area contributed by atoms with E-state index in [1.54, 1.807) is 22.9 Å². The minimum atomic E-state index is -0.178. The van der Waals surface area contributed by atoms with Gasteiger partial charge in [0.15, 0.2) is 0 Å². The van der Waals surface area contributed by atoms with Crippen LogP contribution in [0.3, 0.4) is 0 Å². The molecule has 5 nitrogen and oxygen atoms in total. The van der Waals surface area contributed by atoms with E-state index in [9.17, 15) is 4.79 Å². The molecule has 0 atom stereocenters. The maximum absolute atomic E-state index is 11.8. The van der Waals surface area contributed by atoms with Gasteiger partial charge in [-0.05, 0) is 31.1 Å². The van der Waals surface area contributed by atoms with Crippen LogP contribution in [0.2, 0.25) is 0 Å². The minimum absolute atomic E-state index is 0.178. The van der Waals surface area contributed by atoms with Crippen molar-refractivity contribution in [3.8, 4) is 0 Å². The van der Waals surface area contributed by atoms with Crippen LogP contribution in [0, 0.1) is 0 Å². The molecular formula is C13H14N4O. The Morgan fingerprint density at radius 2 is 2.39 bits per heavy atom. The van der Waals surface area contributed by atoms with Gasteiger partial charge < -0.3 is 15.3 Å². The van der Waals surface area contributed by atoms with E-state index in [-0.39, 0.29) is 11.2 Å². The van der Waals surface area contributed by atoms with Crippen LogP contribution >= 0.6 is 0 Å². The molecule has 0 saturated carbocycles. The normalized spacial score (nSPS) is 13.6. The molecular weight excluding hydrogens is 228 g/mol. The van der Waals surface area contributed by atoms with Crippen LogP contribution in [0.15, 0.2) is 29.2 Å². The molecule has 0 spiro atoms. The highest BCUT2D eigenvalue weighted by molar-refractivity contribution is 5.50. The fourth-order valence-corrected chi connectivity index (χ4v) is 2.15. The van der Waals surface area contributed by atoms with E-state index >= 15 is 0 Å². The number of rotatable bonds is 2. The Bertz CT molecular complexity index is 666. The first kappa shape index (κ1) is 10.8. The Hall–Kier alpha value is -2.30. The summed E-state index contributed by atoms with van der Waals surface area (Å²) in [4.78, 5) is 19.5. The van der Waals surface area contributed by atoms with Crippen molar-refractivity contribution < 1.29 is 0 Å². The quantitative estimate of drug-likeness (QED) is 0.829. The number of nitrogen functional groups attached to an aromatic ring is 1. The van der Waals surface area contributed by atoms with Crippen molar-refractivity contribution in [3.63, 3.8) is 0 Å². The predicted octanol–water partition coefficient (Wildman–Crippen LogP) is 1.16. The second kappa shape index (κ2) is 4.18. The van der Waals surface area contributed by atoms with E-state index in [4.69, 9.17) is 5.73 Å². The molecule has 18 heavy (non-hydrogen) atoms. The zero-order valence-corrected chi connectivity index (χ0v) is 9.89. The fraction of sp³-hybridized carbons (Fsp3) is 0.231. The van der Waals surface area contributed by atoms with Crippen molar-refractivity contribution in [3.05, 3.63) is 52.0 Å². The summed E-state index contributed by atoms with van der Waals surface area (Å²) in [6.07, 6.45) is 7.86. The molecule has 3 N–H and O–H groups in total. The number of aromatic amines is 1. The smallest absolute Gasteiger partial charge is 0.274 e. The van der Waals surface area contributed by atoms with E-state index in [2.05, 4.69) is 16.0 Å². The molecule has 0 aliphatic heterocycles. The van der Waals surface area contributed by atoms with Crippen LogP contribution in [0.25, 0.3) is 6.08 Å². The van der Waals surface area contributed by atoms with Crippen LogP contribution in [0.4, 0.5) is 5.69 Å². The lowest BCUT2D eigenvalue weighted by atomic mass is 10.1. The van der Waals surface area contributed by atoms with Crippen molar-refractivity contribution in [2.45, 2.75) is 19.4 Å². The van der Waals surface area contributed by atoms with Gasteiger partial charge in [0.25, 0.3) is 5.56 Å². The molecule has 0 unspecified atom stereocenters. The van der Waals surface area contributed by atoms with Gasteiger partial charge in [-0.1, -0.05) is 6.08 Å². The molecule has 1 aliphatic rings. The second-order valence-electron chi connectivity index (χ2n) is 4.38. The Labute approximate surface area is 104 Å². The number of nitrogens with one attached hydrogen (secondary N) is 1. The highest BCUT2D eigenvalue weighted by Crippen LogP contribution is 2.16. The molecule has 2 heterocycles. The van der Waals surface area contributed by atoms with Gasteiger partial charge in [0, 0.05) is 11.9 Å². The largest absolute Gasteiger partial charge is 0.394 e. The Balaban J connectivity index is 1.93. The minimum Gasteiger partial charge on any atom is -0.394 e. The molecule has 0 aromatic carbocycles. The number of hydrogen-bond acceptors (Lipinski definition) is 3. The van der Waals surface area contributed by atoms with Crippen LogP contribution < -0.4 is 11.3 Å². The Morgan fingerprint density at radius 3 is 3.22 bits per heavy atom. The second-order valence-corrected chi connectivity index (χ2v) is 4.38. The van der Waals surface area contributed by atoms with Crippen molar-refractivity contribution >= 4 is 11.8 Å². The summed E-state index contributed by atoms with van der Waals surface area (Å²) in [5.74, 6) is 0.791. The number of nitrogens with two attached hydrogens (primary N) is 1. The number of pyridine rings is 1. The van der Waals surface area contributed by atoms with Gasteiger partial charge in [0.2, 0.25) is 0 Å². The SMILES string of the molecule is Nc1cccn(Cc2nc3c([nH]2)CCC=C3)c1=O. The lowest BCUT2D eigenvalue weighted by Crippen LogP contribution is -2.22. The van der Waals surface area contributed by atoms with Gasteiger partial charge in [0.1, 0.15) is 5.82 Å². The summed E-state index contributed by atoms with van der Waals surface area (Å²) in [7, 11) is 0. The molecule has 0 saturated heterocycles. The molecule has 92 valence electrons. The van der Waals surface area contributed by atoms with E-state index in [1.165, 1.54) is 0 Å². The maximum Gasteiger partial charge on any atom is 0.274 e. The van der Waals surface area contributed by atoms with E-state index in [0.717, 1.165) is 30.1 Å². The van der Waals surface area contributed by atoms with Gasteiger partial charge in [-0.2, -0.15) is 0 Å². The molecule has 1 aliphatic carbocycles. The number of aryl methyl sites for hydroxylation is 1. The molecule has 0 fully saturated rings. The Morgan fingerprint density at radius 1 is 1.50 bits per heavy atom. The summed E-state index contributed by atoms with van der Waals surface area (Å²) in [6, 6.07) is 3.37. The maximum atomic E-state index is 11.8. The summed E-state index contributed by atoms with van der Waals surface area (Å²) in [6.45, 7) is 0.421. The molecule has 3 rings (SSSR count). The highest BCUT2D eigenvalue weighted by Gasteiger charge is 2.11.